The zero-order valence-electron chi connectivity index (χ0n) is 11.4. The fourth-order valence-corrected chi connectivity index (χ4v) is 3.73. The zero-order chi connectivity index (χ0) is 14.5. The summed E-state index contributed by atoms with van der Waals surface area (Å²) in [4.78, 5) is 5.39. The van der Waals surface area contributed by atoms with Gasteiger partial charge in [-0.1, -0.05) is 36.4 Å². The first kappa shape index (κ1) is 14.2. The summed E-state index contributed by atoms with van der Waals surface area (Å²) in [5.74, 6) is 1.70. The maximum absolute atomic E-state index is 12.1. The van der Waals surface area contributed by atoms with E-state index in [0.717, 1.165) is 17.0 Å². The second-order valence-corrected chi connectivity index (χ2v) is 7.17. The monoisotopic (exact) mass is 317 g/mol. The second-order valence-electron chi connectivity index (χ2n) is 4.65. The minimum atomic E-state index is -0.924. The van der Waals surface area contributed by atoms with Crippen LogP contribution in [0.3, 0.4) is 0 Å². The molecule has 0 saturated heterocycles. The minimum absolute atomic E-state index is 0.446. The normalized spacial score (nSPS) is 12.4. The summed E-state index contributed by atoms with van der Waals surface area (Å²) >= 11 is 1.58. The predicted octanol–water partition coefficient (Wildman–Crippen LogP) is 3.89. The van der Waals surface area contributed by atoms with Crippen molar-refractivity contribution in [3.63, 3.8) is 0 Å². The largest absolute Gasteiger partial charge is 0.444 e. The van der Waals surface area contributed by atoms with Gasteiger partial charge in [0.15, 0.2) is 0 Å². The molecule has 3 aromatic rings. The van der Waals surface area contributed by atoms with Crippen LogP contribution in [0, 0.1) is 0 Å². The van der Waals surface area contributed by atoms with Gasteiger partial charge in [0.25, 0.3) is 0 Å². The summed E-state index contributed by atoms with van der Waals surface area (Å²) in [5.41, 5.74) is 1.97. The number of oxazole rings is 1. The molecule has 1 unspecified atom stereocenters. The van der Waals surface area contributed by atoms with Gasteiger partial charge in [-0.3, -0.25) is 4.21 Å². The van der Waals surface area contributed by atoms with Crippen LogP contribution in [-0.4, -0.2) is 14.9 Å². The number of hydrogen-bond acceptors (Lipinski definition) is 4. The Hall–Kier alpha value is -1.72. The summed E-state index contributed by atoms with van der Waals surface area (Å²) in [7, 11) is -0.924. The van der Waals surface area contributed by atoms with Gasteiger partial charge in [0.2, 0.25) is 5.89 Å². The molecule has 2 heterocycles. The number of aryl methyl sites for hydroxylation is 1. The van der Waals surface area contributed by atoms with E-state index in [0.29, 0.717) is 17.4 Å². The molecular formula is C16H15NO2S2. The van der Waals surface area contributed by atoms with Gasteiger partial charge in [0, 0.05) is 16.6 Å². The number of benzene rings is 1. The van der Waals surface area contributed by atoms with Crippen molar-refractivity contribution in [2.75, 3.05) is 5.75 Å². The minimum Gasteiger partial charge on any atom is -0.444 e. The third-order valence-electron chi connectivity index (χ3n) is 3.05. The first-order valence-corrected chi connectivity index (χ1v) is 9.05. The summed E-state index contributed by atoms with van der Waals surface area (Å²) in [5, 5.41) is 1.98. The van der Waals surface area contributed by atoms with E-state index in [-0.39, 0.29) is 0 Å². The molecule has 0 aliphatic carbocycles. The van der Waals surface area contributed by atoms with Crippen molar-refractivity contribution in [3.05, 3.63) is 65.4 Å². The highest BCUT2D eigenvalue weighted by molar-refractivity contribution is 7.84. The van der Waals surface area contributed by atoms with Gasteiger partial charge < -0.3 is 4.42 Å². The van der Waals surface area contributed by atoms with Crippen molar-refractivity contribution in [2.24, 2.45) is 0 Å². The Morgan fingerprint density at radius 1 is 1.14 bits per heavy atom. The molecule has 108 valence electrons. The first-order valence-electron chi connectivity index (χ1n) is 6.68. The Balaban J connectivity index is 1.55. The number of rotatable bonds is 6. The third-order valence-corrected chi connectivity index (χ3v) is 5.19. The highest BCUT2D eigenvalue weighted by Gasteiger charge is 2.10. The Kier molecular flexibility index (Phi) is 4.62. The van der Waals surface area contributed by atoms with Crippen LogP contribution in [0.2, 0.25) is 0 Å². The van der Waals surface area contributed by atoms with Crippen LogP contribution in [0.15, 0.2) is 58.5 Å². The quantitative estimate of drug-likeness (QED) is 0.692. The van der Waals surface area contributed by atoms with Gasteiger partial charge >= 0.3 is 0 Å². The van der Waals surface area contributed by atoms with Gasteiger partial charge in [0.1, 0.15) is 6.26 Å². The smallest absolute Gasteiger partial charge is 0.236 e. The van der Waals surface area contributed by atoms with Crippen molar-refractivity contribution in [3.8, 4) is 10.8 Å². The molecular weight excluding hydrogens is 302 g/mol. The van der Waals surface area contributed by atoms with Gasteiger partial charge in [-0.25, -0.2) is 4.98 Å². The van der Waals surface area contributed by atoms with E-state index < -0.39 is 10.8 Å². The molecule has 2 aromatic heterocycles. The standard InChI is InChI=1S/C16H15NO2S2/c18-21(10-8-13-5-2-1-3-6-13)12-14-11-19-16(17-14)15-7-4-9-20-15/h1-7,9,11H,8,10,12H2. The predicted molar refractivity (Wildman–Crippen MR) is 86.7 cm³/mol. The summed E-state index contributed by atoms with van der Waals surface area (Å²) in [6.45, 7) is 0. The topological polar surface area (TPSA) is 43.1 Å². The molecule has 1 atom stereocenters. The van der Waals surface area contributed by atoms with Crippen LogP contribution >= 0.6 is 11.3 Å². The molecule has 0 saturated carbocycles. The fourth-order valence-electron chi connectivity index (χ4n) is 2.00. The lowest BCUT2D eigenvalue weighted by Gasteiger charge is -2.00. The molecule has 1 aromatic carbocycles. The van der Waals surface area contributed by atoms with Crippen LogP contribution in [0.5, 0.6) is 0 Å². The van der Waals surface area contributed by atoms with E-state index >= 15 is 0 Å². The Morgan fingerprint density at radius 3 is 2.76 bits per heavy atom. The van der Waals surface area contributed by atoms with Gasteiger partial charge in [-0.05, 0) is 23.4 Å². The molecule has 0 bridgehead atoms. The van der Waals surface area contributed by atoms with E-state index in [4.69, 9.17) is 4.42 Å². The van der Waals surface area contributed by atoms with Crippen LogP contribution < -0.4 is 0 Å². The van der Waals surface area contributed by atoms with Crippen molar-refractivity contribution in [1.82, 2.24) is 4.98 Å². The lowest BCUT2D eigenvalue weighted by molar-refractivity contribution is 0.574. The molecule has 0 fully saturated rings. The van der Waals surface area contributed by atoms with Crippen LogP contribution in [-0.2, 0) is 23.0 Å². The van der Waals surface area contributed by atoms with Crippen LogP contribution in [0.1, 0.15) is 11.3 Å². The van der Waals surface area contributed by atoms with E-state index in [9.17, 15) is 4.21 Å². The fraction of sp³-hybridized carbons (Fsp3) is 0.188. The number of nitrogens with zero attached hydrogens (tertiary/aromatic N) is 1. The molecule has 0 N–H and O–H groups in total. The Bertz CT molecular complexity index is 705. The Morgan fingerprint density at radius 2 is 2.00 bits per heavy atom. The average Bonchev–Trinajstić information content (AvgIpc) is 3.17. The molecule has 3 nitrogen and oxygen atoms in total. The first-order chi connectivity index (χ1) is 10.3. The molecule has 0 aliphatic heterocycles. The van der Waals surface area contributed by atoms with Crippen LogP contribution in [0.4, 0.5) is 0 Å². The van der Waals surface area contributed by atoms with Crippen molar-refractivity contribution in [1.29, 1.82) is 0 Å². The van der Waals surface area contributed by atoms with E-state index in [1.165, 1.54) is 5.56 Å². The second kappa shape index (κ2) is 6.83. The summed E-state index contributed by atoms with van der Waals surface area (Å²) < 4.78 is 17.6. The van der Waals surface area contributed by atoms with Gasteiger partial charge in [-0.15, -0.1) is 11.3 Å². The summed E-state index contributed by atoms with van der Waals surface area (Å²) in [6.07, 6.45) is 2.43. The molecule has 3 rings (SSSR count). The highest BCUT2D eigenvalue weighted by atomic mass is 32.2. The Labute approximate surface area is 130 Å². The van der Waals surface area contributed by atoms with E-state index in [1.54, 1.807) is 17.6 Å². The maximum Gasteiger partial charge on any atom is 0.236 e. The van der Waals surface area contributed by atoms with Crippen molar-refractivity contribution < 1.29 is 8.63 Å². The SMILES string of the molecule is O=S(CCc1ccccc1)Cc1coc(-c2cccs2)n1. The summed E-state index contributed by atoms with van der Waals surface area (Å²) in [6, 6.07) is 14.0. The third kappa shape index (κ3) is 3.89. The van der Waals surface area contributed by atoms with Gasteiger partial charge in [-0.2, -0.15) is 0 Å². The molecule has 5 heteroatoms. The number of thiophene rings is 1. The maximum atomic E-state index is 12.1. The number of aromatic nitrogens is 1. The van der Waals surface area contributed by atoms with E-state index in [2.05, 4.69) is 17.1 Å². The highest BCUT2D eigenvalue weighted by Crippen LogP contribution is 2.23. The van der Waals surface area contributed by atoms with Crippen molar-refractivity contribution >= 4 is 22.1 Å². The van der Waals surface area contributed by atoms with Crippen LogP contribution in [0.25, 0.3) is 10.8 Å². The van der Waals surface area contributed by atoms with E-state index in [1.807, 2.05) is 35.7 Å². The lowest BCUT2D eigenvalue weighted by Crippen LogP contribution is -2.04. The van der Waals surface area contributed by atoms with Crippen molar-refractivity contribution in [2.45, 2.75) is 12.2 Å². The molecule has 21 heavy (non-hydrogen) atoms. The average molecular weight is 317 g/mol. The molecule has 0 aliphatic rings. The van der Waals surface area contributed by atoms with Gasteiger partial charge in [0.05, 0.1) is 16.3 Å². The molecule has 0 amide bonds. The lowest BCUT2D eigenvalue weighted by atomic mass is 10.2. The molecule has 0 radical (unpaired) electrons. The zero-order valence-corrected chi connectivity index (χ0v) is 13.0. The number of hydrogen-bond donors (Lipinski definition) is 0. The molecule has 0 spiro atoms.